The number of aromatic nitrogens is 2. The molecule has 2 aromatic heterocycles. The van der Waals surface area contributed by atoms with Gasteiger partial charge in [0.15, 0.2) is 0 Å². The molecule has 0 aliphatic heterocycles. The van der Waals surface area contributed by atoms with Crippen molar-refractivity contribution >= 4 is 27.3 Å². The van der Waals surface area contributed by atoms with Crippen LogP contribution in [-0.2, 0) is 6.54 Å². The average molecular weight is 300 g/mol. The van der Waals surface area contributed by atoms with Crippen molar-refractivity contribution in [2.75, 3.05) is 0 Å². The molecule has 2 heterocycles. The summed E-state index contributed by atoms with van der Waals surface area (Å²) in [6.45, 7) is 5.05. The van der Waals surface area contributed by atoms with Gasteiger partial charge in [-0.05, 0) is 41.2 Å². The van der Waals surface area contributed by atoms with Crippen LogP contribution in [0.4, 0.5) is 0 Å². The monoisotopic (exact) mass is 299 g/mol. The normalized spacial score (nSPS) is 12.9. The molecule has 0 fully saturated rings. The van der Waals surface area contributed by atoms with E-state index in [1.165, 1.54) is 14.9 Å². The number of nitrogens with one attached hydrogen (secondary N) is 2. The number of hydrogen-bond donors (Lipinski definition) is 2. The number of aryl methyl sites for hydroxylation is 1. The van der Waals surface area contributed by atoms with Crippen LogP contribution in [0.25, 0.3) is 0 Å². The van der Waals surface area contributed by atoms with Crippen molar-refractivity contribution in [3.05, 3.63) is 38.3 Å². The highest BCUT2D eigenvalue weighted by atomic mass is 79.9. The lowest BCUT2D eigenvalue weighted by Crippen LogP contribution is -2.17. The summed E-state index contributed by atoms with van der Waals surface area (Å²) in [5, 5.41) is 12.5. The number of H-pyrrole nitrogens is 1. The molecule has 0 amide bonds. The van der Waals surface area contributed by atoms with Crippen LogP contribution < -0.4 is 5.32 Å². The summed E-state index contributed by atoms with van der Waals surface area (Å²) < 4.78 is 1.18. The molecule has 0 spiro atoms. The first kappa shape index (κ1) is 11.8. The topological polar surface area (TPSA) is 40.7 Å². The maximum Gasteiger partial charge on any atom is 0.0535 e. The quantitative estimate of drug-likeness (QED) is 0.908. The summed E-state index contributed by atoms with van der Waals surface area (Å²) in [6.07, 6.45) is 1.87. The van der Waals surface area contributed by atoms with E-state index in [-0.39, 0.29) is 0 Å². The van der Waals surface area contributed by atoms with Crippen molar-refractivity contribution in [3.63, 3.8) is 0 Å². The lowest BCUT2D eigenvalue weighted by Gasteiger charge is -2.12. The highest BCUT2D eigenvalue weighted by molar-refractivity contribution is 9.10. The summed E-state index contributed by atoms with van der Waals surface area (Å²) in [7, 11) is 0. The van der Waals surface area contributed by atoms with E-state index >= 15 is 0 Å². The Morgan fingerprint density at radius 1 is 1.62 bits per heavy atom. The van der Waals surface area contributed by atoms with E-state index in [1.807, 2.05) is 13.1 Å². The van der Waals surface area contributed by atoms with Gasteiger partial charge in [-0.3, -0.25) is 5.10 Å². The molecule has 0 saturated carbocycles. The van der Waals surface area contributed by atoms with E-state index < -0.39 is 0 Å². The third-order valence-electron chi connectivity index (χ3n) is 2.57. The van der Waals surface area contributed by atoms with Crippen LogP contribution in [0, 0.1) is 6.92 Å². The fraction of sp³-hybridized carbons (Fsp3) is 0.364. The maximum absolute atomic E-state index is 4.01. The smallest absolute Gasteiger partial charge is 0.0535 e. The van der Waals surface area contributed by atoms with Crippen molar-refractivity contribution < 1.29 is 0 Å². The van der Waals surface area contributed by atoms with Crippen LogP contribution >= 0.6 is 27.3 Å². The molecule has 16 heavy (non-hydrogen) atoms. The standard InChI is InChI=1S/C11H14BrN3S/c1-7-9(6-14-15-7)5-13-8(2)11-10(12)3-4-16-11/h3-4,6,8,13H,5H2,1-2H3,(H,14,15). The Labute approximate surface area is 107 Å². The minimum atomic E-state index is 0.351. The van der Waals surface area contributed by atoms with Gasteiger partial charge in [0.25, 0.3) is 0 Å². The van der Waals surface area contributed by atoms with Crippen molar-refractivity contribution in [1.29, 1.82) is 0 Å². The second kappa shape index (κ2) is 5.12. The van der Waals surface area contributed by atoms with Crippen LogP contribution in [-0.4, -0.2) is 10.2 Å². The minimum absolute atomic E-state index is 0.351. The summed E-state index contributed by atoms with van der Waals surface area (Å²) in [5.74, 6) is 0. The molecule has 1 atom stereocenters. The van der Waals surface area contributed by atoms with E-state index in [2.05, 4.69) is 49.8 Å². The minimum Gasteiger partial charge on any atom is -0.305 e. The molecule has 0 aromatic carbocycles. The largest absolute Gasteiger partial charge is 0.305 e. The second-order valence-electron chi connectivity index (χ2n) is 3.76. The first-order valence-electron chi connectivity index (χ1n) is 5.13. The number of rotatable bonds is 4. The summed E-state index contributed by atoms with van der Waals surface area (Å²) >= 11 is 5.32. The van der Waals surface area contributed by atoms with Crippen LogP contribution in [0.5, 0.6) is 0 Å². The van der Waals surface area contributed by atoms with E-state index in [0.29, 0.717) is 6.04 Å². The van der Waals surface area contributed by atoms with E-state index in [9.17, 15) is 0 Å². The molecule has 2 aromatic rings. The highest BCUT2D eigenvalue weighted by Crippen LogP contribution is 2.28. The van der Waals surface area contributed by atoms with Gasteiger partial charge in [-0.2, -0.15) is 5.10 Å². The van der Waals surface area contributed by atoms with Crippen molar-refractivity contribution in [2.45, 2.75) is 26.4 Å². The fourth-order valence-electron chi connectivity index (χ4n) is 1.52. The van der Waals surface area contributed by atoms with Gasteiger partial charge in [-0.1, -0.05) is 0 Å². The van der Waals surface area contributed by atoms with Gasteiger partial charge in [-0.15, -0.1) is 11.3 Å². The molecule has 5 heteroatoms. The van der Waals surface area contributed by atoms with Gasteiger partial charge in [0.2, 0.25) is 0 Å². The highest BCUT2D eigenvalue weighted by Gasteiger charge is 2.10. The molecule has 0 aliphatic carbocycles. The van der Waals surface area contributed by atoms with E-state index in [4.69, 9.17) is 0 Å². The molecule has 86 valence electrons. The number of halogens is 1. The Morgan fingerprint density at radius 3 is 3.00 bits per heavy atom. The fourth-order valence-corrected chi connectivity index (χ4v) is 3.27. The van der Waals surface area contributed by atoms with Gasteiger partial charge >= 0.3 is 0 Å². The summed E-state index contributed by atoms with van der Waals surface area (Å²) in [4.78, 5) is 1.33. The summed E-state index contributed by atoms with van der Waals surface area (Å²) in [6, 6.07) is 2.44. The predicted octanol–water partition coefficient (Wildman–Crippen LogP) is 3.39. The molecule has 0 aliphatic rings. The SMILES string of the molecule is Cc1[nH]ncc1CNC(C)c1sccc1Br. The third kappa shape index (κ3) is 2.53. The molecule has 0 bridgehead atoms. The van der Waals surface area contributed by atoms with Crippen LogP contribution in [0.2, 0.25) is 0 Å². The maximum atomic E-state index is 4.01. The average Bonchev–Trinajstić information content (AvgIpc) is 2.84. The zero-order valence-corrected chi connectivity index (χ0v) is 11.7. The zero-order valence-electron chi connectivity index (χ0n) is 9.25. The molecular weight excluding hydrogens is 286 g/mol. The Bertz CT molecular complexity index is 463. The number of aromatic amines is 1. The Morgan fingerprint density at radius 2 is 2.44 bits per heavy atom. The van der Waals surface area contributed by atoms with Crippen molar-refractivity contribution in [2.24, 2.45) is 0 Å². The number of hydrogen-bond acceptors (Lipinski definition) is 3. The van der Waals surface area contributed by atoms with Crippen LogP contribution in [0.15, 0.2) is 22.1 Å². The first-order valence-corrected chi connectivity index (χ1v) is 6.81. The van der Waals surface area contributed by atoms with E-state index in [0.717, 1.165) is 12.2 Å². The molecular formula is C11H14BrN3S. The Balaban J connectivity index is 1.97. The van der Waals surface area contributed by atoms with Crippen molar-refractivity contribution in [3.8, 4) is 0 Å². The van der Waals surface area contributed by atoms with Gasteiger partial charge < -0.3 is 5.32 Å². The first-order chi connectivity index (χ1) is 7.68. The molecule has 3 nitrogen and oxygen atoms in total. The lowest BCUT2D eigenvalue weighted by molar-refractivity contribution is 0.580. The van der Waals surface area contributed by atoms with Crippen LogP contribution in [0.1, 0.15) is 29.1 Å². The number of nitrogens with zero attached hydrogens (tertiary/aromatic N) is 1. The van der Waals surface area contributed by atoms with Gasteiger partial charge in [0.1, 0.15) is 0 Å². The molecule has 2 N–H and O–H groups in total. The van der Waals surface area contributed by atoms with Crippen molar-refractivity contribution in [1.82, 2.24) is 15.5 Å². The van der Waals surface area contributed by atoms with Gasteiger partial charge in [-0.25, -0.2) is 0 Å². The van der Waals surface area contributed by atoms with E-state index in [1.54, 1.807) is 11.3 Å². The molecule has 1 unspecified atom stereocenters. The number of thiophene rings is 1. The second-order valence-corrected chi connectivity index (χ2v) is 5.56. The van der Waals surface area contributed by atoms with Crippen LogP contribution in [0.3, 0.4) is 0 Å². The molecule has 0 saturated heterocycles. The summed E-state index contributed by atoms with van der Waals surface area (Å²) in [5.41, 5.74) is 2.35. The predicted molar refractivity (Wildman–Crippen MR) is 70.6 cm³/mol. The third-order valence-corrected chi connectivity index (χ3v) is 4.62. The zero-order chi connectivity index (χ0) is 11.5. The Kier molecular flexibility index (Phi) is 3.78. The lowest BCUT2D eigenvalue weighted by atomic mass is 10.2. The van der Waals surface area contributed by atoms with Gasteiger partial charge in [0.05, 0.1) is 6.20 Å². The van der Waals surface area contributed by atoms with Gasteiger partial charge in [0, 0.05) is 33.2 Å². The Hall–Kier alpha value is -0.650. The molecule has 0 radical (unpaired) electrons. The molecule has 2 rings (SSSR count).